The van der Waals surface area contributed by atoms with Gasteiger partial charge in [-0.1, -0.05) is 37.3 Å². The molecule has 0 fully saturated rings. The number of hydrogen-bond donors (Lipinski definition) is 2. The summed E-state index contributed by atoms with van der Waals surface area (Å²) in [6.07, 6.45) is 4.06. The highest BCUT2D eigenvalue weighted by atomic mass is 16.4. The van der Waals surface area contributed by atoms with Crippen LogP contribution in [0.2, 0.25) is 0 Å². The number of benzene rings is 1. The molecule has 3 rings (SSSR count). The molecule has 0 saturated carbocycles. The molecule has 2 aromatic heterocycles. The number of rotatable bonds is 8. The van der Waals surface area contributed by atoms with Crippen LogP contribution in [0.3, 0.4) is 0 Å². The first kappa shape index (κ1) is 18.8. The molecule has 7 nitrogen and oxygen atoms in total. The maximum atomic E-state index is 12.7. The summed E-state index contributed by atoms with van der Waals surface area (Å²) in [7, 11) is 3.70. The van der Waals surface area contributed by atoms with Crippen molar-refractivity contribution in [1.82, 2.24) is 25.4 Å². The van der Waals surface area contributed by atoms with Crippen molar-refractivity contribution in [3.05, 3.63) is 60.3 Å². The van der Waals surface area contributed by atoms with Crippen LogP contribution in [0.5, 0.6) is 0 Å². The Morgan fingerprint density at radius 1 is 1.26 bits per heavy atom. The van der Waals surface area contributed by atoms with Crippen molar-refractivity contribution in [2.24, 2.45) is 7.05 Å². The largest absolute Gasteiger partial charge is 0.440 e. The summed E-state index contributed by atoms with van der Waals surface area (Å²) in [5, 5.41) is 10.4. The van der Waals surface area contributed by atoms with Gasteiger partial charge in [0.05, 0.1) is 5.69 Å². The number of carbonyl (C=O) groups excluding carboxylic acids is 1. The molecule has 3 aromatic rings. The molecule has 0 saturated heterocycles. The van der Waals surface area contributed by atoms with Crippen molar-refractivity contribution in [2.75, 3.05) is 13.6 Å². The van der Waals surface area contributed by atoms with E-state index in [-0.39, 0.29) is 23.8 Å². The molecule has 142 valence electrons. The van der Waals surface area contributed by atoms with Crippen molar-refractivity contribution < 1.29 is 9.21 Å². The second-order valence-electron chi connectivity index (χ2n) is 6.44. The number of amides is 1. The van der Waals surface area contributed by atoms with Gasteiger partial charge in [-0.15, -0.1) is 0 Å². The summed E-state index contributed by atoms with van der Waals surface area (Å²) >= 11 is 0. The minimum absolute atomic E-state index is 0.0511. The van der Waals surface area contributed by atoms with Gasteiger partial charge >= 0.3 is 5.91 Å². The van der Waals surface area contributed by atoms with Crippen molar-refractivity contribution >= 4 is 5.91 Å². The Balaban J connectivity index is 1.77. The van der Waals surface area contributed by atoms with Crippen LogP contribution < -0.4 is 10.6 Å². The van der Waals surface area contributed by atoms with Gasteiger partial charge in [0, 0.05) is 31.7 Å². The summed E-state index contributed by atoms with van der Waals surface area (Å²) in [5.74, 6) is -0.0811. The molecule has 27 heavy (non-hydrogen) atoms. The summed E-state index contributed by atoms with van der Waals surface area (Å²) in [5.41, 5.74) is 2.57. The maximum Gasteiger partial charge on any atom is 0.307 e. The van der Waals surface area contributed by atoms with E-state index in [4.69, 9.17) is 4.42 Å². The molecule has 0 aliphatic heterocycles. The van der Waals surface area contributed by atoms with Crippen LogP contribution in [0.15, 0.2) is 53.3 Å². The maximum absolute atomic E-state index is 12.7. The average molecular weight is 367 g/mol. The van der Waals surface area contributed by atoms with Crippen molar-refractivity contribution in [2.45, 2.75) is 25.3 Å². The van der Waals surface area contributed by atoms with E-state index in [2.05, 4.69) is 39.8 Å². The average Bonchev–Trinajstić information content (AvgIpc) is 3.32. The fourth-order valence-corrected chi connectivity index (χ4v) is 3.32. The molecule has 0 aliphatic rings. The third-order valence-electron chi connectivity index (χ3n) is 4.68. The van der Waals surface area contributed by atoms with E-state index in [0.29, 0.717) is 12.2 Å². The minimum atomic E-state index is -0.321. The monoisotopic (exact) mass is 367 g/mol. The summed E-state index contributed by atoms with van der Waals surface area (Å²) in [6, 6.07) is 12.0. The zero-order valence-corrected chi connectivity index (χ0v) is 15.8. The highest BCUT2D eigenvalue weighted by molar-refractivity contribution is 5.90. The first-order valence-electron chi connectivity index (χ1n) is 9.08. The number of oxazole rings is 1. The second kappa shape index (κ2) is 8.64. The van der Waals surface area contributed by atoms with Crippen molar-refractivity contribution in [1.29, 1.82) is 0 Å². The van der Waals surface area contributed by atoms with Crippen LogP contribution >= 0.6 is 0 Å². The van der Waals surface area contributed by atoms with Crippen molar-refractivity contribution in [3.8, 4) is 11.4 Å². The highest BCUT2D eigenvalue weighted by Gasteiger charge is 2.25. The zero-order chi connectivity index (χ0) is 19.2. The van der Waals surface area contributed by atoms with Gasteiger partial charge in [-0.05, 0) is 25.1 Å². The molecular weight excluding hydrogens is 342 g/mol. The fourth-order valence-electron chi connectivity index (χ4n) is 3.32. The van der Waals surface area contributed by atoms with Gasteiger partial charge in [-0.2, -0.15) is 5.10 Å². The van der Waals surface area contributed by atoms with E-state index in [1.165, 1.54) is 11.8 Å². The first-order valence-corrected chi connectivity index (χ1v) is 9.08. The number of nitrogens with one attached hydrogen (secondary N) is 2. The lowest BCUT2D eigenvalue weighted by Gasteiger charge is -2.27. The topological polar surface area (TPSA) is 85.0 Å². The molecule has 0 unspecified atom stereocenters. The van der Waals surface area contributed by atoms with E-state index in [0.717, 1.165) is 12.1 Å². The molecule has 0 aliphatic carbocycles. The second-order valence-corrected chi connectivity index (χ2v) is 6.44. The highest BCUT2D eigenvalue weighted by Crippen LogP contribution is 2.24. The number of aryl methyl sites for hydroxylation is 1. The van der Waals surface area contributed by atoms with Crippen LogP contribution in [0, 0.1) is 0 Å². The Morgan fingerprint density at radius 2 is 2.04 bits per heavy atom. The quantitative estimate of drug-likeness (QED) is 0.639. The normalized spacial score (nSPS) is 13.3. The zero-order valence-electron chi connectivity index (χ0n) is 15.8. The van der Waals surface area contributed by atoms with E-state index in [1.54, 1.807) is 10.9 Å². The van der Waals surface area contributed by atoms with E-state index < -0.39 is 0 Å². The third kappa shape index (κ3) is 4.25. The van der Waals surface area contributed by atoms with Gasteiger partial charge in [0.25, 0.3) is 5.89 Å². The first-order chi connectivity index (χ1) is 13.1. The van der Waals surface area contributed by atoms with Gasteiger partial charge in [0.2, 0.25) is 0 Å². The molecule has 7 heteroatoms. The number of hydrogen-bond acceptors (Lipinski definition) is 5. The molecule has 1 aromatic carbocycles. The van der Waals surface area contributed by atoms with E-state index in [9.17, 15) is 4.79 Å². The summed E-state index contributed by atoms with van der Waals surface area (Å²) < 4.78 is 7.11. The van der Waals surface area contributed by atoms with Crippen LogP contribution in [0.25, 0.3) is 11.4 Å². The molecule has 2 atom stereocenters. The van der Waals surface area contributed by atoms with E-state index in [1.807, 2.05) is 38.4 Å². The van der Waals surface area contributed by atoms with Crippen molar-refractivity contribution in [3.63, 3.8) is 0 Å². The lowest BCUT2D eigenvalue weighted by Crippen LogP contribution is -2.45. The standard InChI is InChI=1S/C20H25N5O2/c1-4-15(14-8-6-5-7-9-14)16(12-21-2)23-19(26)20-24-17(13-27-20)18-10-11-22-25(18)3/h5-11,13,15-16,21H,4,12H2,1-3H3,(H,23,26)/t15-,16+/m1/s1. The minimum Gasteiger partial charge on any atom is -0.440 e. The van der Waals surface area contributed by atoms with Gasteiger partial charge in [0.1, 0.15) is 12.0 Å². The Kier molecular flexibility index (Phi) is 6.03. The number of aromatic nitrogens is 3. The third-order valence-corrected chi connectivity index (χ3v) is 4.68. The molecule has 0 bridgehead atoms. The number of carbonyl (C=O) groups is 1. The molecular formula is C20H25N5O2. The Bertz CT molecular complexity index is 871. The summed E-state index contributed by atoms with van der Waals surface area (Å²) in [4.78, 5) is 17.1. The molecule has 0 radical (unpaired) electrons. The predicted molar refractivity (Wildman–Crippen MR) is 103 cm³/mol. The Morgan fingerprint density at radius 3 is 2.67 bits per heavy atom. The molecule has 0 spiro atoms. The van der Waals surface area contributed by atoms with Crippen LogP contribution in [0.4, 0.5) is 0 Å². The Labute approximate surface area is 158 Å². The van der Waals surface area contributed by atoms with Gasteiger partial charge < -0.3 is 15.1 Å². The van der Waals surface area contributed by atoms with Gasteiger partial charge in [0.15, 0.2) is 0 Å². The van der Waals surface area contributed by atoms with E-state index >= 15 is 0 Å². The molecule has 1 amide bonds. The smallest absolute Gasteiger partial charge is 0.307 e. The SMILES string of the molecule is CC[C@H](c1ccccc1)[C@H](CNC)NC(=O)c1nc(-c2ccnn2C)co1. The fraction of sp³-hybridized carbons (Fsp3) is 0.350. The van der Waals surface area contributed by atoms with Gasteiger partial charge in [-0.3, -0.25) is 9.48 Å². The molecule has 2 N–H and O–H groups in total. The lowest BCUT2D eigenvalue weighted by atomic mass is 9.89. The predicted octanol–water partition coefficient (Wildman–Crippen LogP) is 2.59. The number of likely N-dealkylation sites (N-methyl/N-ethyl adjacent to an activating group) is 1. The summed E-state index contributed by atoms with van der Waals surface area (Å²) in [6.45, 7) is 2.77. The van der Waals surface area contributed by atoms with Gasteiger partial charge in [-0.25, -0.2) is 4.98 Å². The number of nitrogens with zero attached hydrogens (tertiary/aromatic N) is 3. The van der Waals surface area contributed by atoms with Crippen LogP contribution in [-0.2, 0) is 7.05 Å². The lowest BCUT2D eigenvalue weighted by molar-refractivity contribution is 0.0895. The van der Waals surface area contributed by atoms with Crippen LogP contribution in [0.1, 0.15) is 35.5 Å². The van der Waals surface area contributed by atoms with Crippen LogP contribution in [-0.4, -0.2) is 40.3 Å². The Hall–Kier alpha value is -2.93. The molecule has 2 heterocycles.